The standard InChI is InChI=1S/C22H45NP2/c1-19(2)11-9-12-20(3,4)24(19)17-15-23-16-18-25-21(5,6)13-10-14-22(25,7)8/h23H,9-18H2,1-8H3. The molecule has 1 nitrogen and oxygen atoms in total. The van der Waals surface area contributed by atoms with E-state index in [4.69, 9.17) is 0 Å². The first-order valence-corrected chi connectivity index (χ1v) is 13.7. The molecule has 0 aliphatic carbocycles. The van der Waals surface area contributed by atoms with Crippen molar-refractivity contribution in [3.63, 3.8) is 0 Å². The van der Waals surface area contributed by atoms with Crippen molar-refractivity contribution in [1.82, 2.24) is 5.32 Å². The molecule has 0 radical (unpaired) electrons. The van der Waals surface area contributed by atoms with Gasteiger partial charge in [-0.25, -0.2) is 0 Å². The topological polar surface area (TPSA) is 12.0 Å². The molecule has 0 spiro atoms. The Morgan fingerprint density at radius 1 is 0.560 bits per heavy atom. The minimum Gasteiger partial charge on any atom is -0.316 e. The van der Waals surface area contributed by atoms with Gasteiger partial charge < -0.3 is 5.32 Å². The number of rotatable bonds is 6. The first kappa shape index (κ1) is 22.1. The van der Waals surface area contributed by atoms with Crippen molar-refractivity contribution in [3.05, 3.63) is 0 Å². The molecule has 0 bridgehead atoms. The van der Waals surface area contributed by atoms with Crippen molar-refractivity contribution in [2.45, 2.75) is 115 Å². The van der Waals surface area contributed by atoms with E-state index in [1.807, 2.05) is 0 Å². The average Bonchev–Trinajstić information content (AvgIpc) is 2.41. The van der Waals surface area contributed by atoms with Crippen LogP contribution >= 0.6 is 15.8 Å². The summed E-state index contributed by atoms with van der Waals surface area (Å²) in [7, 11) is 0.231. The molecule has 1 N–H and O–H groups in total. The van der Waals surface area contributed by atoms with Gasteiger partial charge in [0.2, 0.25) is 0 Å². The van der Waals surface area contributed by atoms with Gasteiger partial charge in [0.15, 0.2) is 0 Å². The number of hydrogen-bond acceptors (Lipinski definition) is 1. The molecule has 2 aliphatic heterocycles. The molecule has 0 unspecified atom stereocenters. The zero-order valence-electron chi connectivity index (χ0n) is 18.5. The van der Waals surface area contributed by atoms with Crippen LogP contribution in [0.15, 0.2) is 0 Å². The van der Waals surface area contributed by atoms with Crippen LogP contribution in [0.5, 0.6) is 0 Å². The maximum atomic E-state index is 3.86. The zero-order chi connectivity index (χ0) is 18.9. The SMILES string of the molecule is CC1(C)CCCC(C)(C)P1CCNCCP1C(C)(C)CCCC1(C)C. The largest absolute Gasteiger partial charge is 0.316 e. The molecular formula is C22H45NP2. The van der Waals surface area contributed by atoms with Crippen molar-refractivity contribution in [2.24, 2.45) is 0 Å². The first-order chi connectivity index (χ1) is 11.4. The fourth-order valence-corrected chi connectivity index (χ4v) is 14.0. The summed E-state index contributed by atoms with van der Waals surface area (Å²) in [5.41, 5.74) is 0. The first-order valence-electron chi connectivity index (χ1n) is 10.6. The van der Waals surface area contributed by atoms with E-state index in [9.17, 15) is 0 Å². The van der Waals surface area contributed by atoms with Gasteiger partial charge in [0.05, 0.1) is 0 Å². The molecule has 2 fully saturated rings. The van der Waals surface area contributed by atoms with Crippen LogP contribution in [-0.4, -0.2) is 46.0 Å². The molecule has 2 heterocycles. The molecule has 3 heteroatoms. The maximum absolute atomic E-state index is 3.86. The van der Waals surface area contributed by atoms with Gasteiger partial charge >= 0.3 is 0 Å². The van der Waals surface area contributed by atoms with Crippen LogP contribution in [0, 0.1) is 0 Å². The Balaban J connectivity index is 1.81. The van der Waals surface area contributed by atoms with Gasteiger partial charge in [0.25, 0.3) is 0 Å². The van der Waals surface area contributed by atoms with Gasteiger partial charge in [-0.2, -0.15) is 0 Å². The molecule has 2 aliphatic rings. The van der Waals surface area contributed by atoms with Crippen molar-refractivity contribution in [1.29, 1.82) is 0 Å². The van der Waals surface area contributed by atoms with Crippen LogP contribution in [0.3, 0.4) is 0 Å². The molecule has 2 saturated heterocycles. The summed E-state index contributed by atoms with van der Waals surface area (Å²) in [6.07, 6.45) is 11.5. The fourth-order valence-electron chi connectivity index (χ4n) is 5.80. The van der Waals surface area contributed by atoms with Crippen LogP contribution in [0.1, 0.15) is 93.9 Å². The normalized spacial score (nSPS) is 28.8. The van der Waals surface area contributed by atoms with Crippen LogP contribution in [0.25, 0.3) is 0 Å². The van der Waals surface area contributed by atoms with Crippen LogP contribution in [0.2, 0.25) is 0 Å². The Morgan fingerprint density at radius 2 is 0.840 bits per heavy atom. The van der Waals surface area contributed by atoms with E-state index in [2.05, 4.69) is 60.7 Å². The molecule has 0 amide bonds. The molecule has 0 saturated carbocycles. The van der Waals surface area contributed by atoms with E-state index in [0.717, 1.165) is 0 Å². The van der Waals surface area contributed by atoms with Crippen molar-refractivity contribution in [2.75, 3.05) is 25.4 Å². The van der Waals surface area contributed by atoms with Crippen molar-refractivity contribution in [3.8, 4) is 0 Å². The van der Waals surface area contributed by atoms with Crippen LogP contribution < -0.4 is 5.32 Å². The fraction of sp³-hybridized carbons (Fsp3) is 1.00. The third-order valence-electron chi connectivity index (χ3n) is 7.10. The average molecular weight is 386 g/mol. The van der Waals surface area contributed by atoms with Gasteiger partial charge in [-0.05, 0) is 71.7 Å². The number of nitrogens with one attached hydrogen (secondary N) is 1. The summed E-state index contributed by atoms with van der Waals surface area (Å²) in [5.74, 6) is 0. The molecule has 25 heavy (non-hydrogen) atoms. The zero-order valence-corrected chi connectivity index (χ0v) is 20.3. The van der Waals surface area contributed by atoms with Crippen LogP contribution in [-0.2, 0) is 0 Å². The predicted molar refractivity (Wildman–Crippen MR) is 120 cm³/mol. The van der Waals surface area contributed by atoms with E-state index < -0.39 is 0 Å². The summed E-state index contributed by atoms with van der Waals surface area (Å²) in [5, 5.41) is 6.18. The quantitative estimate of drug-likeness (QED) is 0.382. The monoisotopic (exact) mass is 385 g/mol. The summed E-state index contributed by atoms with van der Waals surface area (Å²) < 4.78 is 0. The lowest BCUT2D eigenvalue weighted by molar-refractivity contribution is 0.463. The number of hydrogen-bond donors (Lipinski definition) is 1. The van der Waals surface area contributed by atoms with E-state index in [1.165, 1.54) is 63.9 Å². The second-order valence-electron chi connectivity index (χ2n) is 11.0. The Bertz CT molecular complexity index is 367. The third kappa shape index (κ3) is 5.42. The molecule has 2 rings (SSSR count). The second kappa shape index (κ2) is 8.05. The van der Waals surface area contributed by atoms with Gasteiger partial charge in [-0.15, -0.1) is 0 Å². The van der Waals surface area contributed by atoms with Gasteiger partial charge in [-0.3, -0.25) is 0 Å². The van der Waals surface area contributed by atoms with E-state index in [0.29, 0.717) is 20.6 Å². The highest BCUT2D eigenvalue weighted by molar-refractivity contribution is 7.61. The predicted octanol–water partition coefficient (Wildman–Crippen LogP) is 7.02. The van der Waals surface area contributed by atoms with E-state index in [1.54, 1.807) is 0 Å². The highest BCUT2D eigenvalue weighted by atomic mass is 31.1. The van der Waals surface area contributed by atoms with E-state index in [-0.39, 0.29) is 15.8 Å². The van der Waals surface area contributed by atoms with Crippen LogP contribution in [0.4, 0.5) is 0 Å². The van der Waals surface area contributed by atoms with Gasteiger partial charge in [0, 0.05) is 0 Å². The molecule has 0 aromatic carbocycles. The molecule has 0 aromatic heterocycles. The van der Waals surface area contributed by atoms with Crippen molar-refractivity contribution >= 4 is 15.8 Å². The Hall–Kier alpha value is 0.820. The van der Waals surface area contributed by atoms with Gasteiger partial charge in [0.1, 0.15) is 0 Å². The summed E-state index contributed by atoms with van der Waals surface area (Å²) >= 11 is 0. The maximum Gasteiger partial charge on any atom is -0.000898 e. The minimum absolute atomic E-state index is 0.116. The summed E-state index contributed by atoms with van der Waals surface area (Å²) in [6.45, 7) is 22.8. The molecule has 148 valence electrons. The Kier molecular flexibility index (Phi) is 7.12. The molecule has 0 aromatic rings. The summed E-state index contributed by atoms with van der Waals surface area (Å²) in [6, 6.07) is 0. The highest BCUT2D eigenvalue weighted by Crippen LogP contribution is 2.66. The highest BCUT2D eigenvalue weighted by Gasteiger charge is 2.43. The Morgan fingerprint density at radius 3 is 1.12 bits per heavy atom. The molecule has 0 atom stereocenters. The lowest BCUT2D eigenvalue weighted by atomic mass is 9.98. The van der Waals surface area contributed by atoms with Gasteiger partial charge in [-0.1, -0.05) is 84.1 Å². The second-order valence-corrected chi connectivity index (χ2v) is 18.5. The molecular weight excluding hydrogens is 340 g/mol. The van der Waals surface area contributed by atoms with Crippen molar-refractivity contribution < 1.29 is 0 Å². The lowest BCUT2D eigenvalue weighted by Gasteiger charge is -2.50. The Labute approximate surface area is 161 Å². The smallest absolute Gasteiger partial charge is 0.000898 e. The minimum atomic E-state index is 0.116. The summed E-state index contributed by atoms with van der Waals surface area (Å²) in [4.78, 5) is 0. The lowest BCUT2D eigenvalue weighted by Crippen LogP contribution is -2.39. The third-order valence-corrected chi connectivity index (χ3v) is 15.2. The van der Waals surface area contributed by atoms with E-state index >= 15 is 0 Å².